The van der Waals surface area contributed by atoms with Crippen LogP contribution in [0.2, 0.25) is 0 Å². The van der Waals surface area contributed by atoms with Crippen LogP contribution in [0, 0.1) is 5.82 Å². The summed E-state index contributed by atoms with van der Waals surface area (Å²) in [4.78, 5) is 34.9. The molecule has 3 aromatic rings. The highest BCUT2D eigenvalue weighted by molar-refractivity contribution is 6.48. The molecule has 214 valence electrons. The van der Waals surface area contributed by atoms with E-state index in [4.69, 9.17) is 14.8 Å². The Morgan fingerprint density at radius 2 is 1.69 bits per heavy atom. The second kappa shape index (κ2) is 13.5. The molecule has 9 heteroatoms. The highest BCUT2D eigenvalue weighted by atomic mass is 19.1. The van der Waals surface area contributed by atoms with Crippen LogP contribution in [0.5, 0.6) is 5.75 Å². The summed E-state index contributed by atoms with van der Waals surface area (Å²) in [5, 5.41) is 10.9. The Kier molecular flexibility index (Phi) is 9.18. The fourth-order valence-electron chi connectivity index (χ4n) is 4.69. The highest BCUT2D eigenvalue weighted by Gasteiger charge is 2.35. The number of benzene rings is 3. The maximum absolute atomic E-state index is 14.8. The number of nitrogens with one attached hydrogen (secondary N) is 1. The molecule has 2 aliphatic heterocycles. The van der Waals surface area contributed by atoms with Crippen LogP contribution >= 0.6 is 0 Å². The number of amidine groups is 1. The molecule has 2 aliphatic rings. The molecule has 42 heavy (non-hydrogen) atoms. The summed E-state index contributed by atoms with van der Waals surface area (Å²) >= 11 is 0. The summed E-state index contributed by atoms with van der Waals surface area (Å²) in [5.41, 5.74) is 3.96. The van der Waals surface area contributed by atoms with Crippen LogP contribution in [-0.4, -0.2) is 46.7 Å². The molecule has 3 aromatic carbocycles. The van der Waals surface area contributed by atoms with Crippen molar-refractivity contribution in [2.45, 2.75) is 32.1 Å². The fourth-order valence-corrected chi connectivity index (χ4v) is 4.69. The number of carbonyl (C=O) groups is 2. The zero-order chi connectivity index (χ0) is 29.3. The van der Waals surface area contributed by atoms with Crippen LogP contribution in [0.1, 0.15) is 42.4 Å². The summed E-state index contributed by atoms with van der Waals surface area (Å²) in [6, 6.07) is 24.1. The third-order valence-electron chi connectivity index (χ3n) is 6.81. The van der Waals surface area contributed by atoms with Crippen LogP contribution in [0.25, 0.3) is 11.8 Å². The van der Waals surface area contributed by atoms with E-state index in [1.807, 2.05) is 60.7 Å². The molecule has 0 aromatic heterocycles. The molecule has 0 unspecified atom stereocenters. The minimum absolute atomic E-state index is 0.138. The highest BCUT2D eigenvalue weighted by Crippen LogP contribution is 2.29. The third kappa shape index (κ3) is 7.17. The summed E-state index contributed by atoms with van der Waals surface area (Å²) in [6.45, 7) is 0.767. The summed E-state index contributed by atoms with van der Waals surface area (Å²) in [5.74, 6) is -0.227. The van der Waals surface area contributed by atoms with Crippen molar-refractivity contribution in [1.82, 2.24) is 10.2 Å². The first kappa shape index (κ1) is 28.5. The van der Waals surface area contributed by atoms with E-state index >= 15 is 0 Å². The van der Waals surface area contributed by atoms with Gasteiger partial charge < -0.3 is 15.2 Å². The normalized spacial score (nSPS) is 15.2. The predicted molar refractivity (Wildman–Crippen MR) is 161 cm³/mol. The fraction of sp³-hybridized carbons (Fsp3) is 0.212. The summed E-state index contributed by atoms with van der Waals surface area (Å²) in [7, 11) is 0. The zero-order valence-electron chi connectivity index (χ0n) is 23.0. The first-order valence-corrected chi connectivity index (χ1v) is 13.9. The Hall–Kier alpha value is -5.05. The van der Waals surface area contributed by atoms with Crippen LogP contribution < -0.4 is 10.1 Å². The number of hydrogen-bond acceptors (Lipinski definition) is 5. The number of amides is 2. The largest absolute Gasteiger partial charge is 0.491 e. The lowest BCUT2D eigenvalue weighted by molar-refractivity contribution is -0.120. The van der Waals surface area contributed by atoms with Crippen molar-refractivity contribution < 1.29 is 23.8 Å². The number of carbonyl (C=O) groups excluding carboxylic acids is 1. The molecule has 0 atom stereocenters. The number of nitrogens with zero attached hydrogens (tertiary/aromatic N) is 3. The molecule has 2 N–H and O–H groups in total. The van der Waals surface area contributed by atoms with Crippen molar-refractivity contribution in [2.75, 3.05) is 13.2 Å². The Morgan fingerprint density at radius 1 is 0.952 bits per heavy atom. The topological polar surface area (TPSA) is 104 Å². The second-order valence-electron chi connectivity index (χ2n) is 9.93. The lowest BCUT2D eigenvalue weighted by atomic mass is 10.1. The molecule has 0 aliphatic carbocycles. The average molecular weight is 567 g/mol. The van der Waals surface area contributed by atoms with Crippen LogP contribution in [0.4, 0.5) is 9.18 Å². The molecule has 0 saturated carbocycles. The number of halogens is 1. The Balaban J connectivity index is 1.28. The molecule has 0 saturated heterocycles. The van der Waals surface area contributed by atoms with Crippen LogP contribution in [0.3, 0.4) is 0 Å². The zero-order valence-corrected chi connectivity index (χ0v) is 23.0. The van der Waals surface area contributed by atoms with Crippen molar-refractivity contribution >= 4 is 35.3 Å². The van der Waals surface area contributed by atoms with Crippen molar-refractivity contribution in [3.8, 4) is 5.75 Å². The number of aliphatic imine (C=N–C) groups is 2. The molecule has 8 nitrogen and oxygen atoms in total. The molecule has 0 fully saturated rings. The number of fused-ring (bicyclic) bond motifs is 1. The molecule has 0 spiro atoms. The van der Waals surface area contributed by atoms with E-state index in [9.17, 15) is 14.0 Å². The lowest BCUT2D eigenvalue weighted by Gasteiger charge is -2.21. The van der Waals surface area contributed by atoms with E-state index < -0.39 is 11.9 Å². The van der Waals surface area contributed by atoms with Gasteiger partial charge in [0.05, 0.1) is 18.0 Å². The Labute approximate surface area is 243 Å². The van der Waals surface area contributed by atoms with E-state index in [0.29, 0.717) is 42.4 Å². The number of carboxylic acid groups (broad SMARTS) is 1. The summed E-state index contributed by atoms with van der Waals surface area (Å²) < 4.78 is 20.4. The van der Waals surface area contributed by atoms with E-state index in [-0.39, 0.29) is 17.4 Å². The minimum atomic E-state index is -1.02. The van der Waals surface area contributed by atoms with Gasteiger partial charge in [-0.05, 0) is 42.2 Å². The molecule has 2 heterocycles. The number of rotatable bonds is 12. The van der Waals surface area contributed by atoms with Gasteiger partial charge in [0.2, 0.25) is 0 Å². The van der Waals surface area contributed by atoms with E-state index in [1.165, 1.54) is 11.0 Å². The first-order chi connectivity index (χ1) is 20.5. The van der Waals surface area contributed by atoms with Gasteiger partial charge in [-0.25, -0.2) is 19.2 Å². The van der Waals surface area contributed by atoms with Gasteiger partial charge in [-0.2, -0.15) is 0 Å². The molecular weight excluding hydrogens is 535 g/mol. The molecule has 0 radical (unpaired) electrons. The van der Waals surface area contributed by atoms with Crippen molar-refractivity contribution in [3.05, 3.63) is 113 Å². The molecular formula is C33H31FN4O4. The Morgan fingerprint density at radius 3 is 2.43 bits per heavy atom. The third-order valence-corrected chi connectivity index (χ3v) is 6.81. The van der Waals surface area contributed by atoms with Gasteiger partial charge >= 0.3 is 6.09 Å². The van der Waals surface area contributed by atoms with Crippen LogP contribution in [-0.2, 0) is 11.2 Å². The van der Waals surface area contributed by atoms with Gasteiger partial charge in [0.1, 0.15) is 5.70 Å². The molecule has 0 bridgehead atoms. The lowest BCUT2D eigenvalue weighted by Crippen LogP contribution is -2.36. The standard InChI is InChI=1S/C33H31FN4O4/c34-26-19-24(15-16-30(26)42-18-10-2-1-9-17-35-33(40)41)21-28-32(39)38-22-29(25-13-7-4-8-14-25)36-27(31(38)37-28)20-23-11-5-3-6-12-23/h3-8,11-16,19,21-22,35H,1-2,9-10,17-18,20H2,(H,40,41). The first-order valence-electron chi connectivity index (χ1n) is 13.9. The van der Waals surface area contributed by atoms with Crippen molar-refractivity contribution in [2.24, 2.45) is 9.98 Å². The monoisotopic (exact) mass is 566 g/mol. The van der Waals surface area contributed by atoms with Gasteiger partial charge in [0, 0.05) is 24.7 Å². The minimum Gasteiger partial charge on any atom is -0.491 e. The number of unbranched alkanes of at least 4 members (excludes halogenated alkanes) is 3. The summed E-state index contributed by atoms with van der Waals surface area (Å²) in [6.07, 6.45) is 5.92. The van der Waals surface area contributed by atoms with Crippen molar-refractivity contribution in [3.63, 3.8) is 0 Å². The van der Waals surface area contributed by atoms with Crippen molar-refractivity contribution in [1.29, 1.82) is 0 Å². The number of ether oxygens (including phenoxy) is 1. The SMILES string of the molecule is O=C(O)NCCCCCCOc1ccc(C=C2N=C3C(Cc4ccccc4)=NC(c4ccccc4)=CN3C2=O)cc1F. The Bertz CT molecular complexity index is 1570. The van der Waals surface area contributed by atoms with E-state index in [2.05, 4.69) is 10.3 Å². The van der Waals surface area contributed by atoms with Gasteiger partial charge in [-0.3, -0.25) is 9.69 Å². The quantitative estimate of drug-likeness (QED) is 0.198. The average Bonchev–Trinajstić information content (AvgIpc) is 3.31. The second-order valence-corrected chi connectivity index (χ2v) is 9.93. The van der Waals surface area contributed by atoms with Gasteiger partial charge in [0.15, 0.2) is 17.4 Å². The maximum Gasteiger partial charge on any atom is 0.404 e. The van der Waals surface area contributed by atoms with Gasteiger partial charge in [-0.15, -0.1) is 0 Å². The number of hydrogen-bond donors (Lipinski definition) is 2. The van der Waals surface area contributed by atoms with Gasteiger partial charge in [0.25, 0.3) is 5.91 Å². The maximum atomic E-state index is 14.8. The van der Waals surface area contributed by atoms with E-state index in [1.54, 1.807) is 24.4 Å². The smallest absolute Gasteiger partial charge is 0.404 e. The molecule has 2 amide bonds. The molecule has 5 rings (SSSR count). The predicted octanol–water partition coefficient (Wildman–Crippen LogP) is 6.31. The van der Waals surface area contributed by atoms with Gasteiger partial charge in [-0.1, -0.05) is 79.6 Å². The van der Waals surface area contributed by atoms with Crippen LogP contribution in [0.15, 0.2) is 101 Å². The van der Waals surface area contributed by atoms with E-state index in [0.717, 1.165) is 36.8 Å².